The average Bonchev–Trinajstić information content (AvgIpc) is 2.69. The topological polar surface area (TPSA) is 31.2 Å². The van der Waals surface area contributed by atoms with E-state index in [1.807, 2.05) is 0 Å². The monoisotopic (exact) mass is 255 g/mol. The minimum atomic E-state index is -4.86. The molecule has 0 saturated carbocycles. The Hall–Kier alpha value is -1.98. The molecule has 0 saturated heterocycles. The van der Waals surface area contributed by atoms with Gasteiger partial charge < -0.3 is 9.30 Å². The van der Waals surface area contributed by atoms with Gasteiger partial charge in [0.2, 0.25) is 0 Å². The second-order valence-electron chi connectivity index (χ2n) is 4.06. The minimum absolute atomic E-state index is 0.287. The van der Waals surface area contributed by atoms with Crippen molar-refractivity contribution in [1.29, 1.82) is 0 Å². The molecule has 1 aliphatic rings. The van der Waals surface area contributed by atoms with Gasteiger partial charge in [-0.15, -0.1) is 0 Å². The number of ether oxygens (including phenoxy) is 1. The first kappa shape index (κ1) is 11.1. The van der Waals surface area contributed by atoms with E-state index in [4.69, 9.17) is 4.74 Å². The van der Waals surface area contributed by atoms with Crippen LogP contribution in [0.3, 0.4) is 0 Å². The molecule has 3 nitrogen and oxygen atoms in total. The number of rotatable bonds is 1. The van der Waals surface area contributed by atoms with E-state index in [1.54, 1.807) is 16.7 Å². The molecule has 1 aliphatic heterocycles. The molecule has 0 aliphatic carbocycles. The fourth-order valence-electron chi connectivity index (χ4n) is 2.21. The molecule has 1 aromatic heterocycles. The highest BCUT2D eigenvalue weighted by Crippen LogP contribution is 2.34. The van der Waals surface area contributed by atoms with Crippen molar-refractivity contribution in [3.8, 4) is 5.75 Å². The molecule has 2 aromatic rings. The number of hydrogen-bond donors (Lipinski definition) is 0. The van der Waals surface area contributed by atoms with Gasteiger partial charge in [0.1, 0.15) is 12.4 Å². The molecule has 0 N–H and O–H groups in total. The summed E-state index contributed by atoms with van der Waals surface area (Å²) in [5.74, 6) is -1.30. The van der Waals surface area contributed by atoms with Crippen LogP contribution in [-0.2, 0) is 6.54 Å². The molecule has 0 amide bonds. The lowest BCUT2D eigenvalue weighted by atomic mass is 10.1. The summed E-state index contributed by atoms with van der Waals surface area (Å²) in [5, 5.41) is 0.287. The standard InChI is InChI=1S/C12H8F3NO2/c13-12(14,15)11(17)8-6-16-4-5-18-9-3-1-2-7(8)10(9)16/h1-3,6H,4-5H2. The van der Waals surface area contributed by atoms with Crippen LogP contribution in [0.25, 0.3) is 10.9 Å². The number of halogens is 3. The zero-order valence-corrected chi connectivity index (χ0v) is 9.12. The Kier molecular flexibility index (Phi) is 2.17. The highest BCUT2D eigenvalue weighted by Gasteiger charge is 2.41. The predicted octanol–water partition coefficient (Wildman–Crippen LogP) is 2.78. The van der Waals surface area contributed by atoms with Gasteiger partial charge in [-0.25, -0.2) is 0 Å². The lowest BCUT2D eigenvalue weighted by Gasteiger charge is -2.16. The normalized spacial score (nSPS) is 14.6. The number of benzene rings is 1. The van der Waals surface area contributed by atoms with Crippen molar-refractivity contribution in [3.63, 3.8) is 0 Å². The molecule has 0 spiro atoms. The maximum Gasteiger partial charge on any atom is 0.454 e. The third-order valence-electron chi connectivity index (χ3n) is 2.95. The number of carbonyl (C=O) groups is 1. The number of ketones is 1. The molecular weight excluding hydrogens is 247 g/mol. The van der Waals surface area contributed by atoms with Gasteiger partial charge in [0.15, 0.2) is 0 Å². The summed E-state index contributed by atoms with van der Waals surface area (Å²) in [5.41, 5.74) is 0.237. The van der Waals surface area contributed by atoms with Crippen LogP contribution >= 0.6 is 0 Å². The molecule has 18 heavy (non-hydrogen) atoms. The van der Waals surface area contributed by atoms with E-state index in [2.05, 4.69) is 0 Å². The van der Waals surface area contributed by atoms with Gasteiger partial charge in [-0.1, -0.05) is 12.1 Å². The highest BCUT2D eigenvalue weighted by molar-refractivity contribution is 6.11. The second kappa shape index (κ2) is 3.51. The number of hydrogen-bond acceptors (Lipinski definition) is 2. The number of nitrogens with zero attached hydrogens (tertiary/aromatic N) is 1. The first-order chi connectivity index (χ1) is 8.48. The minimum Gasteiger partial charge on any atom is -0.490 e. The Balaban J connectivity index is 2.27. The Morgan fingerprint density at radius 3 is 2.83 bits per heavy atom. The summed E-state index contributed by atoms with van der Waals surface area (Å²) >= 11 is 0. The lowest BCUT2D eigenvalue weighted by molar-refractivity contribution is -0.0884. The Morgan fingerprint density at radius 1 is 1.33 bits per heavy atom. The molecule has 0 atom stereocenters. The van der Waals surface area contributed by atoms with E-state index in [0.29, 0.717) is 24.4 Å². The maximum absolute atomic E-state index is 12.5. The summed E-state index contributed by atoms with van der Waals surface area (Å²) in [6.45, 7) is 0.832. The van der Waals surface area contributed by atoms with Crippen LogP contribution in [0.4, 0.5) is 13.2 Å². The largest absolute Gasteiger partial charge is 0.490 e. The molecule has 2 heterocycles. The number of carbonyl (C=O) groups excluding carboxylic acids is 1. The summed E-state index contributed by atoms with van der Waals surface area (Å²) in [6, 6.07) is 4.77. The fraction of sp³-hybridized carbons (Fsp3) is 0.250. The molecule has 94 valence electrons. The summed E-state index contributed by atoms with van der Waals surface area (Å²) in [7, 11) is 0. The van der Waals surface area contributed by atoms with Crippen molar-refractivity contribution < 1.29 is 22.7 Å². The number of alkyl halides is 3. The van der Waals surface area contributed by atoms with Crippen LogP contribution < -0.4 is 4.74 Å². The van der Waals surface area contributed by atoms with E-state index in [-0.39, 0.29) is 10.9 Å². The van der Waals surface area contributed by atoms with Gasteiger partial charge in [-0.2, -0.15) is 13.2 Å². The van der Waals surface area contributed by atoms with Gasteiger partial charge in [-0.3, -0.25) is 4.79 Å². The van der Waals surface area contributed by atoms with Crippen LogP contribution in [0.15, 0.2) is 24.4 Å². The third kappa shape index (κ3) is 1.48. The first-order valence-corrected chi connectivity index (χ1v) is 5.34. The van der Waals surface area contributed by atoms with Crippen LogP contribution in [0.5, 0.6) is 5.75 Å². The van der Waals surface area contributed by atoms with E-state index >= 15 is 0 Å². The Labute approximate surface area is 99.8 Å². The van der Waals surface area contributed by atoms with Crippen molar-refractivity contribution >= 4 is 16.7 Å². The number of para-hydroxylation sites is 1. The van der Waals surface area contributed by atoms with Crippen LogP contribution in [0.2, 0.25) is 0 Å². The van der Waals surface area contributed by atoms with Gasteiger partial charge in [-0.05, 0) is 6.07 Å². The zero-order valence-electron chi connectivity index (χ0n) is 9.12. The Bertz CT molecular complexity index is 643. The van der Waals surface area contributed by atoms with Gasteiger partial charge in [0.05, 0.1) is 17.6 Å². The maximum atomic E-state index is 12.5. The van der Waals surface area contributed by atoms with Crippen molar-refractivity contribution in [1.82, 2.24) is 4.57 Å². The first-order valence-electron chi connectivity index (χ1n) is 5.34. The van der Waals surface area contributed by atoms with Crippen LogP contribution in [-0.4, -0.2) is 23.1 Å². The summed E-state index contributed by atoms with van der Waals surface area (Å²) < 4.78 is 44.5. The lowest BCUT2D eigenvalue weighted by Crippen LogP contribution is -2.22. The van der Waals surface area contributed by atoms with E-state index in [1.165, 1.54) is 12.3 Å². The van der Waals surface area contributed by atoms with Crippen molar-refractivity contribution in [2.24, 2.45) is 0 Å². The zero-order chi connectivity index (χ0) is 12.9. The van der Waals surface area contributed by atoms with Crippen molar-refractivity contribution in [2.45, 2.75) is 12.7 Å². The molecule has 0 unspecified atom stereocenters. The molecule has 0 fully saturated rings. The molecule has 1 aromatic carbocycles. The van der Waals surface area contributed by atoms with E-state index in [0.717, 1.165) is 0 Å². The molecular formula is C12H8F3NO2. The second-order valence-corrected chi connectivity index (χ2v) is 4.06. The predicted molar refractivity (Wildman–Crippen MR) is 57.8 cm³/mol. The van der Waals surface area contributed by atoms with E-state index in [9.17, 15) is 18.0 Å². The smallest absolute Gasteiger partial charge is 0.454 e. The fourth-order valence-corrected chi connectivity index (χ4v) is 2.21. The summed E-state index contributed by atoms with van der Waals surface area (Å²) in [6.07, 6.45) is -3.60. The average molecular weight is 255 g/mol. The molecule has 3 rings (SSSR count). The van der Waals surface area contributed by atoms with Crippen molar-refractivity contribution in [3.05, 3.63) is 30.0 Å². The molecule has 6 heteroatoms. The molecule has 0 radical (unpaired) electrons. The molecule has 0 bridgehead atoms. The Morgan fingerprint density at radius 2 is 2.11 bits per heavy atom. The van der Waals surface area contributed by atoms with Gasteiger partial charge in [0.25, 0.3) is 5.78 Å². The number of Topliss-reactive ketones (excluding diaryl/α,β-unsaturated/α-hetero) is 1. The van der Waals surface area contributed by atoms with Gasteiger partial charge >= 0.3 is 6.18 Å². The highest BCUT2D eigenvalue weighted by atomic mass is 19.4. The quantitative estimate of drug-likeness (QED) is 0.734. The van der Waals surface area contributed by atoms with Crippen LogP contribution in [0, 0.1) is 0 Å². The SMILES string of the molecule is O=C(c1cn2c3c(cccc13)OCC2)C(F)(F)F. The van der Waals surface area contributed by atoms with Gasteiger partial charge in [0, 0.05) is 11.6 Å². The summed E-state index contributed by atoms with van der Waals surface area (Å²) in [4.78, 5) is 11.4. The van der Waals surface area contributed by atoms with E-state index < -0.39 is 12.0 Å². The van der Waals surface area contributed by atoms with Crippen molar-refractivity contribution in [2.75, 3.05) is 6.61 Å². The third-order valence-corrected chi connectivity index (χ3v) is 2.95. The van der Waals surface area contributed by atoms with Crippen LogP contribution in [0.1, 0.15) is 10.4 Å². The number of aromatic nitrogens is 1.